The van der Waals surface area contributed by atoms with Gasteiger partial charge in [0.25, 0.3) is 0 Å². The predicted octanol–water partition coefficient (Wildman–Crippen LogP) is 3.99. The molecule has 104 valence electrons. The zero-order chi connectivity index (χ0) is 14.5. The van der Waals surface area contributed by atoms with Crippen molar-refractivity contribution in [3.05, 3.63) is 59.2 Å². The fraction of sp³-hybridized carbons (Fsp3) is 0.188. The van der Waals surface area contributed by atoms with Crippen LogP contribution < -0.4 is 4.74 Å². The van der Waals surface area contributed by atoms with Crippen molar-refractivity contribution in [3.63, 3.8) is 0 Å². The number of rotatable bonds is 5. The molecule has 0 saturated heterocycles. The quantitative estimate of drug-likeness (QED) is 0.845. The maximum absolute atomic E-state index is 11.0. The molecule has 0 aliphatic heterocycles. The Morgan fingerprint density at radius 2 is 2.00 bits per heavy atom. The molecule has 0 aliphatic carbocycles. The van der Waals surface area contributed by atoms with Gasteiger partial charge in [-0.05, 0) is 36.2 Å². The standard InChI is InChI=1S/C16H16O3S/c1-11-5-3-4-6-15(11)20-10-12-7-8-13(16(17)18)14(9-12)19-2/h3-9H,10H2,1-2H3,(H,17,18). The molecule has 0 amide bonds. The first-order chi connectivity index (χ1) is 9.61. The van der Waals surface area contributed by atoms with Crippen LogP contribution in [-0.4, -0.2) is 18.2 Å². The van der Waals surface area contributed by atoms with Crippen molar-refractivity contribution in [3.8, 4) is 5.75 Å². The molecule has 0 aliphatic rings. The van der Waals surface area contributed by atoms with Crippen molar-refractivity contribution in [2.24, 2.45) is 0 Å². The number of carboxylic acid groups (broad SMARTS) is 1. The van der Waals surface area contributed by atoms with Gasteiger partial charge in [-0.25, -0.2) is 4.79 Å². The van der Waals surface area contributed by atoms with Crippen LogP contribution in [0.1, 0.15) is 21.5 Å². The summed E-state index contributed by atoms with van der Waals surface area (Å²) in [6, 6.07) is 13.4. The topological polar surface area (TPSA) is 46.5 Å². The lowest BCUT2D eigenvalue weighted by Gasteiger charge is -2.09. The second-order valence-electron chi connectivity index (χ2n) is 4.39. The summed E-state index contributed by atoms with van der Waals surface area (Å²) in [6.45, 7) is 2.08. The van der Waals surface area contributed by atoms with Crippen molar-refractivity contribution in [1.29, 1.82) is 0 Å². The van der Waals surface area contributed by atoms with Crippen LogP contribution in [0.4, 0.5) is 0 Å². The summed E-state index contributed by atoms with van der Waals surface area (Å²) < 4.78 is 5.13. The summed E-state index contributed by atoms with van der Waals surface area (Å²) in [4.78, 5) is 12.3. The Morgan fingerprint density at radius 3 is 2.65 bits per heavy atom. The zero-order valence-electron chi connectivity index (χ0n) is 11.4. The van der Waals surface area contributed by atoms with Crippen molar-refractivity contribution in [1.82, 2.24) is 0 Å². The number of hydrogen-bond donors (Lipinski definition) is 1. The molecule has 4 heteroatoms. The fourth-order valence-corrected chi connectivity index (χ4v) is 2.85. The molecule has 0 spiro atoms. The number of aromatic carboxylic acids is 1. The Kier molecular flexibility index (Phi) is 4.69. The van der Waals surface area contributed by atoms with Crippen LogP contribution in [0.15, 0.2) is 47.4 Å². The lowest BCUT2D eigenvalue weighted by Crippen LogP contribution is -2.00. The number of benzene rings is 2. The third-order valence-electron chi connectivity index (χ3n) is 2.98. The van der Waals surface area contributed by atoms with Crippen LogP contribution in [0.2, 0.25) is 0 Å². The summed E-state index contributed by atoms with van der Waals surface area (Å²) in [6.07, 6.45) is 0. The molecule has 0 aromatic heterocycles. The van der Waals surface area contributed by atoms with E-state index in [1.807, 2.05) is 18.2 Å². The molecule has 0 unspecified atom stereocenters. The van der Waals surface area contributed by atoms with Crippen molar-refractivity contribution < 1.29 is 14.6 Å². The fourth-order valence-electron chi connectivity index (χ4n) is 1.88. The molecule has 2 aromatic carbocycles. The van der Waals surface area contributed by atoms with E-state index in [4.69, 9.17) is 9.84 Å². The van der Waals surface area contributed by atoms with E-state index in [0.29, 0.717) is 5.75 Å². The molecule has 0 radical (unpaired) electrons. The Labute approximate surface area is 122 Å². The highest BCUT2D eigenvalue weighted by Gasteiger charge is 2.11. The van der Waals surface area contributed by atoms with Gasteiger partial charge in [0, 0.05) is 10.6 Å². The van der Waals surface area contributed by atoms with Crippen LogP contribution >= 0.6 is 11.8 Å². The summed E-state index contributed by atoms with van der Waals surface area (Å²) in [7, 11) is 1.49. The van der Waals surface area contributed by atoms with Gasteiger partial charge in [0.1, 0.15) is 11.3 Å². The zero-order valence-corrected chi connectivity index (χ0v) is 12.2. The first-order valence-corrected chi connectivity index (χ1v) is 7.19. The lowest BCUT2D eigenvalue weighted by molar-refractivity contribution is 0.0693. The Bertz CT molecular complexity index is 623. The van der Waals surface area contributed by atoms with Gasteiger partial charge in [-0.15, -0.1) is 11.8 Å². The first-order valence-electron chi connectivity index (χ1n) is 6.20. The largest absolute Gasteiger partial charge is 0.496 e. The molecule has 0 heterocycles. The summed E-state index contributed by atoms with van der Waals surface area (Å²) in [5.41, 5.74) is 2.48. The van der Waals surface area contributed by atoms with E-state index in [-0.39, 0.29) is 5.56 Å². The molecule has 2 rings (SSSR count). The number of thioether (sulfide) groups is 1. The van der Waals surface area contributed by atoms with Gasteiger partial charge in [0.05, 0.1) is 7.11 Å². The molecular weight excluding hydrogens is 272 g/mol. The Hall–Kier alpha value is -1.94. The van der Waals surface area contributed by atoms with E-state index in [1.54, 1.807) is 23.9 Å². The third kappa shape index (κ3) is 3.33. The maximum atomic E-state index is 11.0. The summed E-state index contributed by atoms with van der Waals surface area (Å²) >= 11 is 1.73. The number of hydrogen-bond acceptors (Lipinski definition) is 3. The minimum absolute atomic E-state index is 0.192. The Balaban J connectivity index is 2.15. The van der Waals surface area contributed by atoms with Crippen LogP contribution in [0.5, 0.6) is 5.75 Å². The van der Waals surface area contributed by atoms with Gasteiger partial charge in [-0.3, -0.25) is 0 Å². The number of carbonyl (C=O) groups is 1. The summed E-state index contributed by atoms with van der Waals surface area (Å²) in [5.74, 6) is 0.210. The van der Waals surface area contributed by atoms with Gasteiger partial charge in [0.15, 0.2) is 0 Å². The SMILES string of the molecule is COc1cc(CSc2ccccc2C)ccc1C(=O)O. The molecule has 0 fully saturated rings. The van der Waals surface area contributed by atoms with Gasteiger partial charge in [-0.1, -0.05) is 24.3 Å². The van der Waals surface area contributed by atoms with Crippen LogP contribution in [-0.2, 0) is 5.75 Å². The first kappa shape index (κ1) is 14.5. The number of aryl methyl sites for hydroxylation is 1. The number of carboxylic acids is 1. The van der Waals surface area contributed by atoms with Gasteiger partial charge in [0.2, 0.25) is 0 Å². The predicted molar refractivity (Wildman–Crippen MR) is 80.7 cm³/mol. The van der Waals surface area contributed by atoms with Gasteiger partial charge >= 0.3 is 5.97 Å². The molecule has 0 saturated carbocycles. The highest BCUT2D eigenvalue weighted by Crippen LogP contribution is 2.28. The third-order valence-corrected chi connectivity index (χ3v) is 4.23. The second-order valence-corrected chi connectivity index (χ2v) is 5.41. The van der Waals surface area contributed by atoms with E-state index in [0.717, 1.165) is 11.3 Å². The Morgan fingerprint density at radius 1 is 1.25 bits per heavy atom. The molecule has 2 aromatic rings. The average molecular weight is 288 g/mol. The van der Waals surface area contributed by atoms with Gasteiger partial charge in [-0.2, -0.15) is 0 Å². The van der Waals surface area contributed by atoms with Crippen molar-refractivity contribution >= 4 is 17.7 Å². The van der Waals surface area contributed by atoms with Crippen LogP contribution in [0.25, 0.3) is 0 Å². The number of ether oxygens (including phenoxy) is 1. The van der Waals surface area contributed by atoms with E-state index >= 15 is 0 Å². The van der Waals surface area contributed by atoms with E-state index < -0.39 is 5.97 Å². The monoisotopic (exact) mass is 288 g/mol. The molecule has 1 N–H and O–H groups in total. The molecule has 20 heavy (non-hydrogen) atoms. The summed E-state index contributed by atoms with van der Waals surface area (Å²) in [5, 5.41) is 9.05. The smallest absolute Gasteiger partial charge is 0.339 e. The number of methoxy groups -OCH3 is 1. The van der Waals surface area contributed by atoms with Crippen LogP contribution in [0.3, 0.4) is 0 Å². The van der Waals surface area contributed by atoms with Gasteiger partial charge < -0.3 is 9.84 Å². The normalized spacial score (nSPS) is 10.3. The maximum Gasteiger partial charge on any atom is 0.339 e. The van der Waals surface area contributed by atoms with E-state index in [1.165, 1.54) is 17.6 Å². The lowest BCUT2D eigenvalue weighted by atomic mass is 10.1. The second kappa shape index (κ2) is 6.48. The highest BCUT2D eigenvalue weighted by atomic mass is 32.2. The minimum Gasteiger partial charge on any atom is -0.496 e. The average Bonchev–Trinajstić information content (AvgIpc) is 2.46. The van der Waals surface area contributed by atoms with E-state index in [2.05, 4.69) is 19.1 Å². The molecule has 3 nitrogen and oxygen atoms in total. The van der Waals surface area contributed by atoms with Crippen molar-refractivity contribution in [2.45, 2.75) is 17.6 Å². The van der Waals surface area contributed by atoms with E-state index in [9.17, 15) is 4.79 Å². The molecular formula is C16H16O3S. The molecule has 0 bridgehead atoms. The highest BCUT2D eigenvalue weighted by molar-refractivity contribution is 7.98. The minimum atomic E-state index is -0.972. The van der Waals surface area contributed by atoms with Crippen molar-refractivity contribution in [2.75, 3.05) is 7.11 Å². The van der Waals surface area contributed by atoms with Crippen LogP contribution in [0, 0.1) is 6.92 Å². The molecule has 0 atom stereocenters.